The number of nitrogens with zero attached hydrogens (tertiary/aromatic N) is 2. The first kappa shape index (κ1) is 10.7. The Morgan fingerprint density at radius 1 is 1.00 bits per heavy atom. The molecule has 0 radical (unpaired) electrons. The van der Waals surface area contributed by atoms with Crippen molar-refractivity contribution in [3.8, 4) is 22.4 Å². The first-order chi connectivity index (χ1) is 8.84. The van der Waals surface area contributed by atoms with Gasteiger partial charge in [-0.3, -0.25) is 4.98 Å². The van der Waals surface area contributed by atoms with E-state index in [0.29, 0.717) is 11.3 Å². The monoisotopic (exact) mass is 240 g/mol. The van der Waals surface area contributed by atoms with Crippen molar-refractivity contribution in [2.24, 2.45) is 0 Å². The van der Waals surface area contributed by atoms with E-state index in [1.165, 1.54) is 6.20 Å². The van der Waals surface area contributed by atoms with Gasteiger partial charge in [0.05, 0.1) is 23.8 Å². The van der Waals surface area contributed by atoms with Gasteiger partial charge in [0.2, 0.25) is 5.95 Å². The summed E-state index contributed by atoms with van der Waals surface area (Å²) in [6, 6.07) is 8.85. The third-order valence-corrected chi connectivity index (χ3v) is 2.65. The number of halogens is 1. The number of rotatable bonds is 2. The molecule has 0 amide bonds. The minimum atomic E-state index is -0.519. The average molecular weight is 240 g/mol. The van der Waals surface area contributed by atoms with Gasteiger partial charge in [-0.1, -0.05) is 0 Å². The fourth-order valence-electron chi connectivity index (χ4n) is 1.76. The lowest BCUT2D eigenvalue weighted by atomic mass is 10.1. The van der Waals surface area contributed by atoms with Crippen molar-refractivity contribution < 1.29 is 8.81 Å². The van der Waals surface area contributed by atoms with Crippen molar-refractivity contribution in [1.82, 2.24) is 9.97 Å². The van der Waals surface area contributed by atoms with Gasteiger partial charge in [-0.15, -0.1) is 0 Å². The summed E-state index contributed by atoms with van der Waals surface area (Å²) >= 11 is 0. The van der Waals surface area contributed by atoms with E-state index in [0.717, 1.165) is 11.1 Å². The molecular weight excluding hydrogens is 231 g/mol. The fourth-order valence-corrected chi connectivity index (χ4v) is 1.76. The van der Waals surface area contributed by atoms with Gasteiger partial charge in [-0.25, -0.2) is 4.98 Å². The summed E-state index contributed by atoms with van der Waals surface area (Å²) in [4.78, 5) is 7.79. The van der Waals surface area contributed by atoms with Crippen LogP contribution in [0.1, 0.15) is 0 Å². The summed E-state index contributed by atoms with van der Waals surface area (Å²) < 4.78 is 18.6. The Morgan fingerprint density at radius 2 is 1.94 bits per heavy atom. The second-order valence-electron chi connectivity index (χ2n) is 3.78. The average Bonchev–Trinajstić information content (AvgIpc) is 2.93. The van der Waals surface area contributed by atoms with Gasteiger partial charge in [-0.05, 0) is 35.9 Å². The third kappa shape index (κ3) is 1.88. The highest BCUT2D eigenvalue weighted by atomic mass is 19.1. The third-order valence-electron chi connectivity index (χ3n) is 2.65. The van der Waals surface area contributed by atoms with Crippen LogP contribution in [0.4, 0.5) is 4.39 Å². The summed E-state index contributed by atoms with van der Waals surface area (Å²) in [5.74, 6) is -0.519. The van der Waals surface area contributed by atoms with E-state index >= 15 is 0 Å². The molecule has 3 nitrogen and oxygen atoms in total. The first-order valence-electron chi connectivity index (χ1n) is 5.44. The van der Waals surface area contributed by atoms with Gasteiger partial charge in [0.1, 0.15) is 0 Å². The highest BCUT2D eigenvalue weighted by Gasteiger charge is 2.08. The normalized spacial score (nSPS) is 10.5. The lowest BCUT2D eigenvalue weighted by Crippen LogP contribution is -1.90. The van der Waals surface area contributed by atoms with E-state index < -0.39 is 5.95 Å². The van der Waals surface area contributed by atoms with E-state index in [2.05, 4.69) is 9.97 Å². The van der Waals surface area contributed by atoms with Crippen LogP contribution in [0.5, 0.6) is 0 Å². The summed E-state index contributed by atoms with van der Waals surface area (Å²) in [6.07, 6.45) is 6.29. The summed E-state index contributed by atoms with van der Waals surface area (Å²) in [5, 5.41) is 0. The van der Waals surface area contributed by atoms with E-state index in [4.69, 9.17) is 4.42 Å². The maximum Gasteiger partial charge on any atom is 0.222 e. The Morgan fingerprint density at radius 3 is 2.72 bits per heavy atom. The number of furan rings is 1. The quantitative estimate of drug-likeness (QED) is 0.643. The predicted molar refractivity (Wildman–Crippen MR) is 65.1 cm³/mol. The smallest absolute Gasteiger partial charge is 0.222 e. The lowest BCUT2D eigenvalue weighted by Gasteiger charge is -2.03. The van der Waals surface area contributed by atoms with Crippen LogP contribution in [0.2, 0.25) is 0 Å². The van der Waals surface area contributed by atoms with Gasteiger partial charge in [-0.2, -0.15) is 4.39 Å². The molecule has 0 aliphatic heterocycles. The van der Waals surface area contributed by atoms with E-state index in [-0.39, 0.29) is 0 Å². The van der Waals surface area contributed by atoms with E-state index in [1.54, 1.807) is 30.9 Å². The first-order valence-corrected chi connectivity index (χ1v) is 5.44. The van der Waals surface area contributed by atoms with Crippen LogP contribution in [-0.2, 0) is 0 Å². The molecule has 0 aliphatic rings. The molecule has 0 fully saturated rings. The molecule has 3 rings (SSSR count). The SMILES string of the molecule is Fc1ncccc1-c1cc(-c2ccoc2)ccn1. The van der Waals surface area contributed by atoms with Crippen LogP contribution in [0.3, 0.4) is 0 Å². The summed E-state index contributed by atoms with van der Waals surface area (Å²) in [7, 11) is 0. The predicted octanol–water partition coefficient (Wildman–Crippen LogP) is 3.54. The molecule has 0 saturated heterocycles. The molecule has 0 aromatic carbocycles. The van der Waals surface area contributed by atoms with Gasteiger partial charge in [0.25, 0.3) is 0 Å². The van der Waals surface area contributed by atoms with Crippen LogP contribution >= 0.6 is 0 Å². The Hall–Kier alpha value is -2.49. The zero-order chi connectivity index (χ0) is 12.4. The molecule has 0 N–H and O–H groups in total. The van der Waals surface area contributed by atoms with E-state index in [1.807, 2.05) is 18.2 Å². The maximum absolute atomic E-state index is 13.6. The van der Waals surface area contributed by atoms with E-state index in [9.17, 15) is 4.39 Å². The van der Waals surface area contributed by atoms with Crippen molar-refractivity contribution in [3.05, 3.63) is 61.2 Å². The molecule has 0 atom stereocenters. The molecule has 4 heteroatoms. The number of hydrogen-bond donors (Lipinski definition) is 0. The lowest BCUT2D eigenvalue weighted by molar-refractivity contribution is 0.568. The topological polar surface area (TPSA) is 38.9 Å². The zero-order valence-corrected chi connectivity index (χ0v) is 9.38. The van der Waals surface area contributed by atoms with Crippen LogP contribution in [0.15, 0.2) is 59.7 Å². The van der Waals surface area contributed by atoms with Gasteiger partial charge < -0.3 is 4.42 Å². The molecule has 88 valence electrons. The van der Waals surface area contributed by atoms with Crippen LogP contribution in [0, 0.1) is 5.95 Å². The molecule has 0 unspecified atom stereocenters. The Balaban J connectivity index is 2.10. The molecule has 3 aromatic rings. The summed E-state index contributed by atoms with van der Waals surface area (Å²) in [5.41, 5.74) is 2.81. The molecule has 0 bridgehead atoms. The highest BCUT2D eigenvalue weighted by molar-refractivity contribution is 5.69. The standard InChI is InChI=1S/C14H9FN2O/c15-14-12(2-1-5-17-14)13-8-10(3-6-16-13)11-4-7-18-9-11/h1-9H. The molecule has 0 saturated carbocycles. The van der Waals surface area contributed by atoms with Gasteiger partial charge in [0.15, 0.2) is 0 Å². The Kier molecular flexibility index (Phi) is 2.61. The highest BCUT2D eigenvalue weighted by Crippen LogP contribution is 2.25. The van der Waals surface area contributed by atoms with Crippen molar-refractivity contribution in [1.29, 1.82) is 0 Å². The maximum atomic E-state index is 13.6. The molecule has 0 spiro atoms. The Labute approximate surface area is 103 Å². The van der Waals surface area contributed by atoms with Crippen molar-refractivity contribution >= 4 is 0 Å². The number of hydrogen-bond acceptors (Lipinski definition) is 3. The largest absolute Gasteiger partial charge is 0.472 e. The second-order valence-corrected chi connectivity index (χ2v) is 3.78. The molecule has 18 heavy (non-hydrogen) atoms. The fraction of sp³-hybridized carbons (Fsp3) is 0. The second kappa shape index (κ2) is 4.41. The van der Waals surface area contributed by atoms with Crippen LogP contribution in [-0.4, -0.2) is 9.97 Å². The molecule has 0 aliphatic carbocycles. The van der Waals surface area contributed by atoms with Crippen molar-refractivity contribution in [3.63, 3.8) is 0 Å². The zero-order valence-electron chi connectivity index (χ0n) is 9.38. The van der Waals surface area contributed by atoms with Crippen LogP contribution < -0.4 is 0 Å². The molecule has 3 heterocycles. The van der Waals surface area contributed by atoms with Crippen molar-refractivity contribution in [2.75, 3.05) is 0 Å². The number of pyridine rings is 2. The minimum Gasteiger partial charge on any atom is -0.472 e. The molecular formula is C14H9FN2O. The van der Waals surface area contributed by atoms with Gasteiger partial charge in [0, 0.05) is 18.0 Å². The van der Waals surface area contributed by atoms with Gasteiger partial charge >= 0.3 is 0 Å². The summed E-state index contributed by atoms with van der Waals surface area (Å²) in [6.45, 7) is 0. The van der Waals surface area contributed by atoms with Crippen LogP contribution in [0.25, 0.3) is 22.4 Å². The van der Waals surface area contributed by atoms with Crippen molar-refractivity contribution in [2.45, 2.75) is 0 Å². The molecule has 3 aromatic heterocycles. The minimum absolute atomic E-state index is 0.392. The Bertz CT molecular complexity index is 665. The number of aromatic nitrogens is 2.